The van der Waals surface area contributed by atoms with E-state index in [-0.39, 0.29) is 0 Å². The van der Waals surface area contributed by atoms with Crippen molar-refractivity contribution in [1.82, 2.24) is 4.98 Å². The molecular formula is C11H17N3. The van der Waals surface area contributed by atoms with Crippen LogP contribution in [0.15, 0.2) is 24.9 Å². The number of nitrogen functional groups attached to an aromatic ring is 1. The Hall–Kier alpha value is -1.51. The molecule has 0 spiro atoms. The number of nitrogens with two attached hydrogens (primary N) is 1. The van der Waals surface area contributed by atoms with Crippen LogP contribution in [0.3, 0.4) is 0 Å². The summed E-state index contributed by atoms with van der Waals surface area (Å²) < 4.78 is 0. The standard InChI is InChI=1S/C11H17N3/c1-4-8-14(5-2)11-10(12)9(3)6-7-13-11/h4,6-7H,1,5,8,12H2,2-3H3. The lowest BCUT2D eigenvalue weighted by Crippen LogP contribution is -2.24. The summed E-state index contributed by atoms with van der Waals surface area (Å²) in [7, 11) is 0. The predicted octanol–water partition coefficient (Wildman–Crippen LogP) is 1.98. The van der Waals surface area contributed by atoms with E-state index in [1.807, 2.05) is 19.1 Å². The van der Waals surface area contributed by atoms with Crippen LogP contribution in [0, 0.1) is 6.92 Å². The monoisotopic (exact) mass is 191 g/mol. The van der Waals surface area contributed by atoms with Gasteiger partial charge in [-0.1, -0.05) is 6.08 Å². The third-order valence-electron chi connectivity index (χ3n) is 2.22. The zero-order valence-corrected chi connectivity index (χ0v) is 8.83. The van der Waals surface area contributed by atoms with Crippen molar-refractivity contribution in [3.05, 3.63) is 30.5 Å². The molecule has 76 valence electrons. The van der Waals surface area contributed by atoms with Crippen molar-refractivity contribution in [3.8, 4) is 0 Å². The predicted molar refractivity (Wildman–Crippen MR) is 61.5 cm³/mol. The normalized spacial score (nSPS) is 9.86. The van der Waals surface area contributed by atoms with Gasteiger partial charge in [0.25, 0.3) is 0 Å². The molecule has 1 aromatic rings. The van der Waals surface area contributed by atoms with Gasteiger partial charge in [0.15, 0.2) is 5.82 Å². The second-order valence-corrected chi connectivity index (χ2v) is 3.19. The van der Waals surface area contributed by atoms with Gasteiger partial charge in [-0.3, -0.25) is 0 Å². The van der Waals surface area contributed by atoms with Crippen LogP contribution in [0.4, 0.5) is 11.5 Å². The van der Waals surface area contributed by atoms with Crippen molar-refractivity contribution < 1.29 is 0 Å². The molecule has 1 aromatic heterocycles. The number of aromatic nitrogens is 1. The molecule has 0 aliphatic heterocycles. The highest BCUT2D eigenvalue weighted by atomic mass is 15.2. The van der Waals surface area contributed by atoms with Crippen molar-refractivity contribution >= 4 is 11.5 Å². The van der Waals surface area contributed by atoms with E-state index in [0.29, 0.717) is 0 Å². The van der Waals surface area contributed by atoms with Crippen molar-refractivity contribution in [2.45, 2.75) is 13.8 Å². The minimum absolute atomic E-state index is 0.760. The Morgan fingerprint density at radius 1 is 1.64 bits per heavy atom. The van der Waals surface area contributed by atoms with Crippen LogP contribution >= 0.6 is 0 Å². The van der Waals surface area contributed by atoms with Crippen molar-refractivity contribution in [2.24, 2.45) is 0 Å². The van der Waals surface area contributed by atoms with E-state index in [1.165, 1.54) is 0 Å². The summed E-state index contributed by atoms with van der Waals surface area (Å²) in [5.41, 5.74) is 7.78. The summed E-state index contributed by atoms with van der Waals surface area (Å²) in [6.07, 6.45) is 3.64. The van der Waals surface area contributed by atoms with Gasteiger partial charge in [-0.15, -0.1) is 6.58 Å². The number of nitrogens with zero attached hydrogens (tertiary/aromatic N) is 2. The second-order valence-electron chi connectivity index (χ2n) is 3.19. The van der Waals surface area contributed by atoms with Crippen molar-refractivity contribution in [3.63, 3.8) is 0 Å². The fourth-order valence-electron chi connectivity index (χ4n) is 1.33. The smallest absolute Gasteiger partial charge is 0.152 e. The molecule has 0 saturated heterocycles. The van der Waals surface area contributed by atoms with E-state index < -0.39 is 0 Å². The average molecular weight is 191 g/mol. The first-order chi connectivity index (χ1) is 6.70. The Bertz CT molecular complexity index is 320. The Labute approximate surface area is 85.3 Å². The quantitative estimate of drug-likeness (QED) is 0.740. The van der Waals surface area contributed by atoms with E-state index in [1.54, 1.807) is 6.20 Å². The minimum atomic E-state index is 0.760. The summed E-state index contributed by atoms with van der Waals surface area (Å²) in [4.78, 5) is 6.37. The van der Waals surface area contributed by atoms with Gasteiger partial charge in [0.1, 0.15) is 0 Å². The molecule has 0 atom stereocenters. The van der Waals surface area contributed by atoms with Gasteiger partial charge in [0.05, 0.1) is 5.69 Å². The molecule has 3 heteroatoms. The molecule has 1 rings (SSSR count). The molecule has 14 heavy (non-hydrogen) atoms. The third kappa shape index (κ3) is 2.05. The van der Waals surface area contributed by atoms with E-state index in [9.17, 15) is 0 Å². The van der Waals surface area contributed by atoms with Gasteiger partial charge in [0.2, 0.25) is 0 Å². The lowest BCUT2D eigenvalue weighted by Gasteiger charge is -2.22. The molecule has 0 saturated carbocycles. The highest BCUT2D eigenvalue weighted by Gasteiger charge is 2.08. The first-order valence-corrected chi connectivity index (χ1v) is 4.77. The number of aryl methyl sites for hydroxylation is 1. The second kappa shape index (κ2) is 4.65. The number of hydrogen-bond acceptors (Lipinski definition) is 3. The highest BCUT2D eigenvalue weighted by molar-refractivity contribution is 5.66. The largest absolute Gasteiger partial charge is 0.396 e. The maximum atomic E-state index is 5.95. The van der Waals surface area contributed by atoms with Crippen LogP contribution in [-0.4, -0.2) is 18.1 Å². The molecule has 0 unspecified atom stereocenters. The molecule has 3 nitrogen and oxygen atoms in total. The Kier molecular flexibility index (Phi) is 3.51. The van der Waals surface area contributed by atoms with Crippen LogP contribution in [0.1, 0.15) is 12.5 Å². The minimum Gasteiger partial charge on any atom is -0.396 e. The SMILES string of the molecule is C=CCN(CC)c1nccc(C)c1N. The van der Waals surface area contributed by atoms with E-state index in [2.05, 4.69) is 23.4 Å². The molecule has 0 amide bonds. The summed E-state index contributed by atoms with van der Waals surface area (Å²) in [5, 5.41) is 0. The summed E-state index contributed by atoms with van der Waals surface area (Å²) in [6, 6.07) is 1.92. The molecule has 0 fully saturated rings. The first-order valence-electron chi connectivity index (χ1n) is 4.77. The third-order valence-corrected chi connectivity index (χ3v) is 2.22. The molecule has 0 aromatic carbocycles. The van der Waals surface area contributed by atoms with Gasteiger partial charge in [-0.05, 0) is 25.5 Å². The van der Waals surface area contributed by atoms with Gasteiger partial charge in [0, 0.05) is 19.3 Å². The van der Waals surface area contributed by atoms with E-state index in [0.717, 1.165) is 30.2 Å². The maximum Gasteiger partial charge on any atom is 0.152 e. The highest BCUT2D eigenvalue weighted by Crippen LogP contribution is 2.22. The summed E-state index contributed by atoms with van der Waals surface area (Å²) >= 11 is 0. The summed E-state index contributed by atoms with van der Waals surface area (Å²) in [6.45, 7) is 9.44. The fourth-order valence-corrected chi connectivity index (χ4v) is 1.33. The van der Waals surface area contributed by atoms with Gasteiger partial charge < -0.3 is 10.6 Å². The Morgan fingerprint density at radius 3 is 2.93 bits per heavy atom. The molecular weight excluding hydrogens is 174 g/mol. The Morgan fingerprint density at radius 2 is 2.36 bits per heavy atom. The number of hydrogen-bond donors (Lipinski definition) is 1. The molecule has 0 aliphatic rings. The zero-order valence-electron chi connectivity index (χ0n) is 8.83. The van der Waals surface area contributed by atoms with Crippen LogP contribution < -0.4 is 10.6 Å². The van der Waals surface area contributed by atoms with Gasteiger partial charge in [-0.25, -0.2) is 4.98 Å². The average Bonchev–Trinajstić information content (AvgIpc) is 2.19. The van der Waals surface area contributed by atoms with Crippen LogP contribution in [0.2, 0.25) is 0 Å². The number of likely N-dealkylation sites (N-methyl/N-ethyl adjacent to an activating group) is 1. The van der Waals surface area contributed by atoms with Gasteiger partial charge >= 0.3 is 0 Å². The molecule has 2 N–H and O–H groups in total. The van der Waals surface area contributed by atoms with E-state index in [4.69, 9.17) is 5.73 Å². The lowest BCUT2D eigenvalue weighted by atomic mass is 10.2. The first kappa shape index (κ1) is 10.6. The maximum absolute atomic E-state index is 5.95. The van der Waals surface area contributed by atoms with E-state index >= 15 is 0 Å². The number of rotatable bonds is 4. The van der Waals surface area contributed by atoms with Crippen LogP contribution in [0.25, 0.3) is 0 Å². The van der Waals surface area contributed by atoms with Crippen molar-refractivity contribution in [2.75, 3.05) is 23.7 Å². The van der Waals surface area contributed by atoms with Crippen LogP contribution in [-0.2, 0) is 0 Å². The molecule has 0 bridgehead atoms. The number of pyridine rings is 1. The fraction of sp³-hybridized carbons (Fsp3) is 0.364. The lowest BCUT2D eigenvalue weighted by molar-refractivity contribution is 0.884. The Balaban J connectivity index is 3.03. The summed E-state index contributed by atoms with van der Waals surface area (Å²) in [5.74, 6) is 0.854. The zero-order chi connectivity index (χ0) is 10.6. The molecule has 0 aliphatic carbocycles. The van der Waals surface area contributed by atoms with Gasteiger partial charge in [-0.2, -0.15) is 0 Å². The molecule has 1 heterocycles. The van der Waals surface area contributed by atoms with Crippen LogP contribution in [0.5, 0.6) is 0 Å². The van der Waals surface area contributed by atoms with Crippen molar-refractivity contribution in [1.29, 1.82) is 0 Å². The topological polar surface area (TPSA) is 42.2 Å². The number of anilines is 2. The molecule has 0 radical (unpaired) electrons.